The molecule has 0 saturated carbocycles. The quantitative estimate of drug-likeness (QED) is 0.253. The number of hydrogen-bond acceptors (Lipinski definition) is 6. The van der Waals surface area contributed by atoms with Gasteiger partial charge in [-0.1, -0.05) is 61.2 Å². The van der Waals surface area contributed by atoms with Crippen LogP contribution in [0.15, 0.2) is 79.9 Å². The molecule has 1 saturated heterocycles. The number of hydrogen-bond donors (Lipinski definition) is 1. The van der Waals surface area contributed by atoms with Gasteiger partial charge >= 0.3 is 5.97 Å². The molecule has 1 aliphatic heterocycles. The topological polar surface area (TPSA) is 94.2 Å². The summed E-state index contributed by atoms with van der Waals surface area (Å²) in [4.78, 5) is 41.3. The SMILES string of the molecule is C=CCOC[C@H](NC(=O)[C@@H]1CCCCN1C(=O)c1ccccc1OCC=C)C(=O)OCc1ccccc1. The number of esters is 1. The monoisotopic (exact) mass is 506 g/mol. The van der Waals surface area contributed by atoms with Gasteiger partial charge in [0.1, 0.15) is 25.0 Å². The van der Waals surface area contributed by atoms with Crippen molar-refractivity contribution >= 4 is 17.8 Å². The van der Waals surface area contributed by atoms with E-state index < -0.39 is 24.0 Å². The van der Waals surface area contributed by atoms with Gasteiger partial charge < -0.3 is 24.4 Å². The molecule has 1 heterocycles. The van der Waals surface area contributed by atoms with Crippen LogP contribution < -0.4 is 10.1 Å². The van der Waals surface area contributed by atoms with Crippen molar-refractivity contribution in [3.05, 3.63) is 91.0 Å². The van der Waals surface area contributed by atoms with Crippen LogP contribution in [0.1, 0.15) is 35.2 Å². The second-order valence-corrected chi connectivity index (χ2v) is 8.59. The number of rotatable bonds is 13. The Morgan fingerprint density at radius 2 is 1.73 bits per heavy atom. The highest BCUT2D eigenvalue weighted by Gasteiger charge is 2.35. The Morgan fingerprint density at radius 1 is 1.00 bits per heavy atom. The number of para-hydroxylation sites is 1. The van der Waals surface area contributed by atoms with E-state index in [0.717, 1.165) is 18.4 Å². The highest BCUT2D eigenvalue weighted by atomic mass is 16.5. The van der Waals surface area contributed by atoms with E-state index in [1.54, 1.807) is 41.3 Å². The molecule has 0 aliphatic carbocycles. The lowest BCUT2D eigenvalue weighted by Gasteiger charge is -2.35. The minimum Gasteiger partial charge on any atom is -0.489 e. The predicted octanol–water partition coefficient (Wildman–Crippen LogP) is 3.68. The molecule has 2 aromatic carbocycles. The van der Waals surface area contributed by atoms with Gasteiger partial charge in [-0.25, -0.2) is 4.79 Å². The van der Waals surface area contributed by atoms with Gasteiger partial charge in [-0.15, -0.1) is 6.58 Å². The number of carbonyl (C=O) groups is 3. The summed E-state index contributed by atoms with van der Waals surface area (Å²) in [5, 5.41) is 2.76. The molecule has 1 N–H and O–H groups in total. The lowest BCUT2D eigenvalue weighted by Crippen LogP contribution is -2.56. The minimum absolute atomic E-state index is 0.0725. The fourth-order valence-electron chi connectivity index (χ4n) is 4.05. The summed E-state index contributed by atoms with van der Waals surface area (Å²) in [5.41, 5.74) is 1.20. The zero-order chi connectivity index (χ0) is 26.5. The molecular formula is C29H34N2O6. The van der Waals surface area contributed by atoms with Crippen LogP contribution in [-0.4, -0.2) is 61.1 Å². The largest absolute Gasteiger partial charge is 0.489 e. The lowest BCUT2D eigenvalue weighted by atomic mass is 9.99. The first kappa shape index (κ1) is 27.7. The Morgan fingerprint density at radius 3 is 2.49 bits per heavy atom. The fourth-order valence-corrected chi connectivity index (χ4v) is 4.05. The van der Waals surface area contributed by atoms with Gasteiger partial charge in [0.15, 0.2) is 6.04 Å². The molecule has 1 aliphatic rings. The molecule has 8 heteroatoms. The second kappa shape index (κ2) is 14.6. The number of nitrogens with zero attached hydrogens (tertiary/aromatic N) is 1. The summed E-state index contributed by atoms with van der Waals surface area (Å²) in [7, 11) is 0. The maximum Gasteiger partial charge on any atom is 0.331 e. The molecule has 0 aromatic heterocycles. The number of benzene rings is 2. The highest BCUT2D eigenvalue weighted by molar-refractivity contribution is 6.00. The van der Waals surface area contributed by atoms with E-state index in [0.29, 0.717) is 24.3 Å². The van der Waals surface area contributed by atoms with Crippen LogP contribution in [0.4, 0.5) is 0 Å². The summed E-state index contributed by atoms with van der Waals surface area (Å²) < 4.78 is 16.6. The average molecular weight is 507 g/mol. The van der Waals surface area contributed by atoms with Crippen LogP contribution in [0.2, 0.25) is 0 Å². The Kier molecular flexibility index (Phi) is 10.9. The third-order valence-corrected chi connectivity index (χ3v) is 5.89. The van der Waals surface area contributed by atoms with E-state index in [2.05, 4.69) is 18.5 Å². The summed E-state index contributed by atoms with van der Waals surface area (Å²) in [6, 6.07) is 14.4. The molecule has 0 unspecified atom stereocenters. The molecule has 0 bridgehead atoms. The van der Waals surface area contributed by atoms with Gasteiger partial charge in [0.25, 0.3) is 5.91 Å². The Labute approximate surface area is 217 Å². The van der Waals surface area contributed by atoms with Crippen LogP contribution in [-0.2, 0) is 25.7 Å². The number of piperidine rings is 1. The Bertz CT molecular complexity index is 1070. The third-order valence-electron chi connectivity index (χ3n) is 5.89. The van der Waals surface area contributed by atoms with Crippen molar-refractivity contribution in [2.75, 3.05) is 26.4 Å². The van der Waals surface area contributed by atoms with Crippen LogP contribution >= 0.6 is 0 Å². The van der Waals surface area contributed by atoms with Crippen molar-refractivity contribution in [3.63, 3.8) is 0 Å². The average Bonchev–Trinajstić information content (AvgIpc) is 2.94. The molecule has 0 radical (unpaired) electrons. The molecular weight excluding hydrogens is 472 g/mol. The standard InChI is InChI=1S/C29H34N2O6/c1-3-18-35-21-24(29(34)37-20-22-12-6-5-7-13-22)30-27(32)25-15-10-11-17-31(25)28(33)23-14-8-9-16-26(23)36-19-4-2/h3-9,12-14,16,24-25H,1-2,10-11,15,17-21H2,(H,30,32)/t24-,25-/m0/s1. The van der Waals surface area contributed by atoms with E-state index >= 15 is 0 Å². The third kappa shape index (κ3) is 8.05. The van der Waals surface area contributed by atoms with Gasteiger partial charge in [0.05, 0.1) is 18.8 Å². The molecule has 8 nitrogen and oxygen atoms in total. The molecule has 196 valence electrons. The summed E-state index contributed by atoms with van der Waals surface area (Å²) >= 11 is 0. The molecule has 2 aromatic rings. The summed E-state index contributed by atoms with van der Waals surface area (Å²) in [5.74, 6) is -0.914. The summed E-state index contributed by atoms with van der Waals surface area (Å²) in [6.07, 6.45) is 5.20. The zero-order valence-corrected chi connectivity index (χ0v) is 21.0. The van der Waals surface area contributed by atoms with Gasteiger partial charge in [0, 0.05) is 6.54 Å². The van der Waals surface area contributed by atoms with Crippen LogP contribution in [0.5, 0.6) is 5.75 Å². The van der Waals surface area contributed by atoms with Gasteiger partial charge in [-0.3, -0.25) is 9.59 Å². The first-order valence-corrected chi connectivity index (χ1v) is 12.4. The van der Waals surface area contributed by atoms with Gasteiger partial charge in [-0.05, 0) is 37.0 Å². The Balaban J connectivity index is 1.72. The van der Waals surface area contributed by atoms with Crippen LogP contribution in [0.25, 0.3) is 0 Å². The Hall–Kier alpha value is -3.91. The van der Waals surface area contributed by atoms with E-state index in [4.69, 9.17) is 14.2 Å². The predicted molar refractivity (Wildman–Crippen MR) is 140 cm³/mol. The normalized spacial score (nSPS) is 15.8. The molecule has 2 amide bonds. The molecule has 37 heavy (non-hydrogen) atoms. The lowest BCUT2D eigenvalue weighted by molar-refractivity contribution is -0.151. The number of amides is 2. The number of ether oxygens (including phenoxy) is 3. The van der Waals surface area contributed by atoms with E-state index in [9.17, 15) is 14.4 Å². The smallest absolute Gasteiger partial charge is 0.331 e. The van der Waals surface area contributed by atoms with E-state index in [1.807, 2.05) is 30.3 Å². The molecule has 2 atom stereocenters. The van der Waals surface area contributed by atoms with Crippen LogP contribution in [0, 0.1) is 0 Å². The fraction of sp³-hybridized carbons (Fsp3) is 0.345. The van der Waals surface area contributed by atoms with Crippen molar-refractivity contribution in [2.24, 2.45) is 0 Å². The van der Waals surface area contributed by atoms with Crippen molar-refractivity contribution < 1.29 is 28.6 Å². The highest BCUT2D eigenvalue weighted by Crippen LogP contribution is 2.25. The van der Waals surface area contributed by atoms with Gasteiger partial charge in [-0.2, -0.15) is 0 Å². The van der Waals surface area contributed by atoms with Crippen molar-refractivity contribution in [1.29, 1.82) is 0 Å². The van der Waals surface area contributed by atoms with Crippen molar-refractivity contribution in [1.82, 2.24) is 10.2 Å². The van der Waals surface area contributed by atoms with E-state index in [-0.39, 0.29) is 32.3 Å². The maximum absolute atomic E-state index is 13.5. The van der Waals surface area contributed by atoms with E-state index in [1.165, 1.54) is 0 Å². The van der Waals surface area contributed by atoms with Crippen LogP contribution in [0.3, 0.4) is 0 Å². The molecule has 0 spiro atoms. The second-order valence-electron chi connectivity index (χ2n) is 8.59. The van der Waals surface area contributed by atoms with Gasteiger partial charge in [0.2, 0.25) is 5.91 Å². The molecule has 3 rings (SSSR count). The van der Waals surface area contributed by atoms with Crippen molar-refractivity contribution in [3.8, 4) is 5.75 Å². The zero-order valence-electron chi connectivity index (χ0n) is 21.0. The number of nitrogens with one attached hydrogen (secondary N) is 1. The minimum atomic E-state index is -1.03. The number of carbonyl (C=O) groups excluding carboxylic acids is 3. The summed E-state index contributed by atoms with van der Waals surface area (Å²) in [6.45, 7) is 8.14. The molecule has 1 fully saturated rings. The van der Waals surface area contributed by atoms with Crippen molar-refractivity contribution in [2.45, 2.75) is 38.0 Å². The number of likely N-dealkylation sites (tertiary alicyclic amines) is 1. The maximum atomic E-state index is 13.5. The first-order chi connectivity index (χ1) is 18.0. The first-order valence-electron chi connectivity index (χ1n) is 12.4.